The third kappa shape index (κ3) is 2.86. The van der Waals surface area contributed by atoms with Crippen LogP contribution in [0.2, 0.25) is 5.02 Å². The van der Waals surface area contributed by atoms with Gasteiger partial charge in [-0.05, 0) is 30.3 Å². The number of halogens is 2. The van der Waals surface area contributed by atoms with Crippen LogP contribution in [-0.4, -0.2) is 9.19 Å². The van der Waals surface area contributed by atoms with Gasteiger partial charge in [-0.3, -0.25) is 4.21 Å². The van der Waals surface area contributed by atoms with Gasteiger partial charge in [-0.25, -0.2) is 9.37 Å². The van der Waals surface area contributed by atoms with Crippen LogP contribution in [0.5, 0.6) is 0 Å². The van der Waals surface area contributed by atoms with E-state index in [-0.39, 0.29) is 16.3 Å². The summed E-state index contributed by atoms with van der Waals surface area (Å²) >= 11 is 5.77. The van der Waals surface area contributed by atoms with Crippen LogP contribution in [0.25, 0.3) is 0 Å². The zero-order valence-electron chi connectivity index (χ0n) is 9.27. The summed E-state index contributed by atoms with van der Waals surface area (Å²) in [6.45, 7) is 0. The Hall–Kier alpha value is -1.46. The molecule has 1 atom stereocenters. The number of nitrogen functional groups attached to an aromatic ring is 1. The number of nitrogens with two attached hydrogens (primary N) is 1. The lowest BCUT2D eigenvalue weighted by Crippen LogP contribution is -2.04. The summed E-state index contributed by atoms with van der Waals surface area (Å²) in [6.07, 6.45) is 1.50. The number of hydrogen-bond acceptors (Lipinski definition) is 3. The first kappa shape index (κ1) is 13.0. The van der Waals surface area contributed by atoms with E-state index in [4.69, 9.17) is 17.3 Å². The molecule has 2 rings (SSSR count). The maximum absolute atomic E-state index is 13.5. The van der Waals surface area contributed by atoms with E-state index in [2.05, 4.69) is 4.98 Å². The van der Waals surface area contributed by atoms with Gasteiger partial charge in [0.15, 0.2) is 0 Å². The van der Waals surface area contributed by atoms with Gasteiger partial charge in [0, 0.05) is 16.8 Å². The highest BCUT2D eigenvalue weighted by Crippen LogP contribution is 2.20. The van der Waals surface area contributed by atoms with E-state index >= 15 is 0 Å². The Morgan fingerprint density at radius 2 is 2.17 bits per heavy atom. The summed E-state index contributed by atoms with van der Waals surface area (Å²) < 4.78 is 25.6. The summed E-state index contributed by atoms with van der Waals surface area (Å²) in [5.74, 6) is -0.449. The number of benzene rings is 1. The first-order valence-corrected chi connectivity index (χ1v) is 6.80. The molecule has 0 amide bonds. The van der Waals surface area contributed by atoms with Crippen LogP contribution in [0.15, 0.2) is 41.6 Å². The van der Waals surface area contributed by atoms with Crippen LogP contribution in [0.1, 0.15) is 5.56 Å². The van der Waals surface area contributed by atoms with E-state index in [1.165, 1.54) is 24.4 Å². The highest BCUT2D eigenvalue weighted by molar-refractivity contribution is 7.84. The fraction of sp³-hybridized carbons (Fsp3) is 0.0833. The van der Waals surface area contributed by atoms with Crippen molar-refractivity contribution in [1.82, 2.24) is 4.98 Å². The number of rotatable bonds is 3. The molecule has 1 aromatic carbocycles. The molecule has 0 aliphatic rings. The van der Waals surface area contributed by atoms with E-state index in [1.807, 2.05) is 0 Å². The molecule has 0 saturated carbocycles. The number of aromatic nitrogens is 1. The van der Waals surface area contributed by atoms with Crippen molar-refractivity contribution in [3.05, 3.63) is 52.9 Å². The minimum Gasteiger partial charge on any atom is -0.396 e. The topological polar surface area (TPSA) is 56.0 Å². The Labute approximate surface area is 111 Å². The molecule has 1 aromatic heterocycles. The van der Waals surface area contributed by atoms with Crippen molar-refractivity contribution in [3.8, 4) is 0 Å². The second-order valence-electron chi connectivity index (χ2n) is 3.62. The van der Waals surface area contributed by atoms with Gasteiger partial charge < -0.3 is 5.73 Å². The summed E-state index contributed by atoms with van der Waals surface area (Å²) in [7, 11) is -1.50. The highest BCUT2D eigenvalue weighted by atomic mass is 35.5. The second-order valence-corrected chi connectivity index (χ2v) is 5.43. The Bertz CT molecular complexity index is 606. The monoisotopic (exact) mass is 284 g/mol. The number of hydrogen-bond donors (Lipinski definition) is 1. The zero-order chi connectivity index (χ0) is 13.1. The highest BCUT2D eigenvalue weighted by Gasteiger charge is 2.13. The summed E-state index contributed by atoms with van der Waals surface area (Å²) in [6, 6.07) is 7.40. The molecule has 6 heteroatoms. The molecule has 0 radical (unpaired) electrons. The largest absolute Gasteiger partial charge is 0.396 e. The molecule has 0 bridgehead atoms. The lowest BCUT2D eigenvalue weighted by atomic mass is 10.2. The second kappa shape index (κ2) is 5.46. The van der Waals surface area contributed by atoms with E-state index in [0.29, 0.717) is 10.7 Å². The van der Waals surface area contributed by atoms with Gasteiger partial charge in [-0.15, -0.1) is 0 Å². The maximum atomic E-state index is 13.5. The summed E-state index contributed by atoms with van der Waals surface area (Å²) in [4.78, 5) is 3.95. The fourth-order valence-electron chi connectivity index (χ4n) is 1.46. The fourth-order valence-corrected chi connectivity index (χ4v) is 2.80. The molecule has 0 fully saturated rings. The van der Waals surface area contributed by atoms with E-state index in [9.17, 15) is 8.60 Å². The number of pyridine rings is 1. The Morgan fingerprint density at radius 1 is 1.39 bits per heavy atom. The minimum atomic E-state index is -1.50. The van der Waals surface area contributed by atoms with Crippen molar-refractivity contribution < 1.29 is 8.60 Å². The van der Waals surface area contributed by atoms with Gasteiger partial charge in [0.1, 0.15) is 10.8 Å². The first-order valence-electron chi connectivity index (χ1n) is 5.10. The minimum absolute atomic E-state index is 0.00634. The molecular formula is C12H10ClFN2OS. The average Bonchev–Trinajstić information content (AvgIpc) is 2.34. The van der Waals surface area contributed by atoms with Crippen LogP contribution in [0.4, 0.5) is 10.1 Å². The smallest absolute Gasteiger partial charge is 0.150 e. The first-order chi connectivity index (χ1) is 8.58. The van der Waals surface area contributed by atoms with E-state index < -0.39 is 16.6 Å². The van der Waals surface area contributed by atoms with Gasteiger partial charge in [0.05, 0.1) is 22.2 Å². The molecule has 2 N–H and O–H groups in total. The van der Waals surface area contributed by atoms with Crippen molar-refractivity contribution >= 4 is 28.1 Å². The predicted octanol–water partition coefficient (Wildman–Crippen LogP) is 2.76. The molecule has 18 heavy (non-hydrogen) atoms. The van der Waals surface area contributed by atoms with Crippen LogP contribution < -0.4 is 5.73 Å². The van der Waals surface area contributed by atoms with Crippen molar-refractivity contribution in [2.75, 3.05) is 5.73 Å². The van der Waals surface area contributed by atoms with Crippen LogP contribution >= 0.6 is 11.6 Å². The zero-order valence-corrected chi connectivity index (χ0v) is 10.8. The molecule has 0 aliphatic heterocycles. The van der Waals surface area contributed by atoms with Gasteiger partial charge in [-0.2, -0.15) is 0 Å². The quantitative estimate of drug-likeness (QED) is 0.943. The third-order valence-electron chi connectivity index (χ3n) is 2.31. The van der Waals surface area contributed by atoms with Crippen molar-refractivity contribution in [3.63, 3.8) is 0 Å². The standard InChI is InChI=1S/C12H10ClFN2OS/c13-9-3-4-10(14)8(6-9)7-18(17)12-11(15)2-1-5-16-12/h1-6H,7,15H2. The molecule has 0 saturated heterocycles. The van der Waals surface area contributed by atoms with E-state index in [1.54, 1.807) is 12.1 Å². The third-order valence-corrected chi connectivity index (χ3v) is 3.89. The normalized spacial score (nSPS) is 12.3. The molecule has 0 spiro atoms. The molecule has 0 aliphatic carbocycles. The summed E-state index contributed by atoms with van der Waals surface area (Å²) in [5.41, 5.74) is 6.28. The summed E-state index contributed by atoms with van der Waals surface area (Å²) in [5, 5.41) is 0.661. The van der Waals surface area contributed by atoms with E-state index in [0.717, 1.165) is 0 Å². The average molecular weight is 285 g/mol. The van der Waals surface area contributed by atoms with Gasteiger partial charge in [-0.1, -0.05) is 11.6 Å². The Kier molecular flexibility index (Phi) is 3.93. The molecule has 3 nitrogen and oxygen atoms in total. The van der Waals surface area contributed by atoms with Crippen molar-refractivity contribution in [1.29, 1.82) is 0 Å². The van der Waals surface area contributed by atoms with Crippen molar-refractivity contribution in [2.45, 2.75) is 10.8 Å². The molecular weight excluding hydrogens is 275 g/mol. The molecule has 2 aromatic rings. The van der Waals surface area contributed by atoms with Gasteiger partial charge in [0.2, 0.25) is 0 Å². The lowest BCUT2D eigenvalue weighted by molar-refractivity contribution is 0.615. The van der Waals surface area contributed by atoms with Crippen LogP contribution in [-0.2, 0) is 16.6 Å². The molecule has 1 unspecified atom stereocenters. The maximum Gasteiger partial charge on any atom is 0.150 e. The SMILES string of the molecule is Nc1cccnc1S(=O)Cc1cc(Cl)ccc1F. The Morgan fingerprint density at radius 3 is 2.89 bits per heavy atom. The van der Waals surface area contributed by atoms with Crippen molar-refractivity contribution in [2.24, 2.45) is 0 Å². The lowest BCUT2D eigenvalue weighted by Gasteiger charge is -2.06. The predicted molar refractivity (Wildman–Crippen MR) is 70.2 cm³/mol. The van der Waals surface area contributed by atoms with Crippen LogP contribution in [0, 0.1) is 5.82 Å². The Balaban J connectivity index is 2.27. The van der Waals surface area contributed by atoms with Crippen LogP contribution in [0.3, 0.4) is 0 Å². The number of nitrogens with zero attached hydrogens (tertiary/aromatic N) is 1. The van der Waals surface area contributed by atoms with Gasteiger partial charge in [0.25, 0.3) is 0 Å². The molecule has 1 heterocycles. The molecule has 94 valence electrons. The number of anilines is 1. The van der Waals surface area contributed by atoms with Gasteiger partial charge >= 0.3 is 0 Å².